The molecule has 1 saturated heterocycles. The van der Waals surface area contributed by atoms with Crippen LogP contribution < -0.4 is 0 Å². The molecule has 1 aliphatic rings. The van der Waals surface area contributed by atoms with Crippen molar-refractivity contribution >= 4 is 17.8 Å². The Balaban J connectivity index is 2.22. The zero-order valence-electron chi connectivity index (χ0n) is 16.6. The Kier molecular flexibility index (Phi) is 7.80. The fraction of sp³-hybridized carbons (Fsp3) is 0.550. The Bertz CT molecular complexity index is 796. The van der Waals surface area contributed by atoms with E-state index < -0.39 is 48.0 Å². The smallest absolute Gasteiger partial charge is 0.416 e. The fourth-order valence-corrected chi connectivity index (χ4v) is 3.60. The van der Waals surface area contributed by atoms with Crippen LogP contribution in [0.15, 0.2) is 18.2 Å². The first-order valence-electron chi connectivity index (χ1n) is 9.44. The van der Waals surface area contributed by atoms with Gasteiger partial charge in [-0.15, -0.1) is 0 Å². The van der Waals surface area contributed by atoms with Crippen LogP contribution in [-0.2, 0) is 31.7 Å². The van der Waals surface area contributed by atoms with Crippen LogP contribution in [0.25, 0.3) is 0 Å². The lowest BCUT2D eigenvalue weighted by Crippen LogP contribution is -2.48. The largest absolute Gasteiger partial charge is 0.466 e. The first kappa shape index (κ1) is 23.6. The minimum atomic E-state index is -4.72. The third-order valence-corrected chi connectivity index (χ3v) is 4.96. The van der Waals surface area contributed by atoms with Gasteiger partial charge in [0.15, 0.2) is 0 Å². The molecule has 0 radical (unpaired) electrons. The molecule has 1 fully saturated rings. The van der Waals surface area contributed by atoms with Crippen molar-refractivity contribution in [1.29, 1.82) is 0 Å². The van der Waals surface area contributed by atoms with Crippen molar-refractivity contribution in [1.82, 2.24) is 4.90 Å². The molecule has 0 saturated carbocycles. The first-order chi connectivity index (χ1) is 14.0. The third-order valence-electron chi connectivity index (χ3n) is 4.96. The van der Waals surface area contributed by atoms with E-state index in [2.05, 4.69) is 0 Å². The lowest BCUT2D eigenvalue weighted by atomic mass is 9.84. The molecule has 6 nitrogen and oxygen atoms in total. The summed E-state index contributed by atoms with van der Waals surface area (Å²) in [7, 11) is 1.17. The summed E-state index contributed by atoms with van der Waals surface area (Å²) in [4.78, 5) is 37.4. The van der Waals surface area contributed by atoms with Crippen molar-refractivity contribution in [2.45, 2.75) is 44.8 Å². The number of Topliss-reactive ketones (excluding diaryl/α,β-unsaturated/α-hetero) is 1. The summed E-state index contributed by atoms with van der Waals surface area (Å²) in [5, 5.41) is 0. The van der Waals surface area contributed by atoms with E-state index in [1.807, 2.05) is 0 Å². The number of amides is 1. The molecule has 1 aliphatic heterocycles. The number of piperidine rings is 1. The van der Waals surface area contributed by atoms with E-state index in [0.717, 1.165) is 12.1 Å². The molecule has 0 N–H and O–H groups in total. The second kappa shape index (κ2) is 9.90. The maximum atomic E-state index is 13.7. The number of esters is 1. The van der Waals surface area contributed by atoms with Gasteiger partial charge in [-0.05, 0) is 49.9 Å². The van der Waals surface area contributed by atoms with Crippen molar-refractivity contribution in [3.63, 3.8) is 0 Å². The Morgan fingerprint density at radius 1 is 1.20 bits per heavy atom. The van der Waals surface area contributed by atoms with Gasteiger partial charge in [0.2, 0.25) is 0 Å². The number of benzene rings is 1. The summed E-state index contributed by atoms with van der Waals surface area (Å²) in [6.45, 7) is 1.87. The molecule has 1 aromatic carbocycles. The number of rotatable bonds is 6. The lowest BCUT2D eigenvalue weighted by molar-refractivity contribution is -0.146. The summed E-state index contributed by atoms with van der Waals surface area (Å²) >= 11 is 0. The molecule has 1 amide bonds. The monoisotopic (exact) mass is 433 g/mol. The molecular weight excluding hydrogens is 410 g/mol. The average Bonchev–Trinajstić information content (AvgIpc) is 2.66. The van der Waals surface area contributed by atoms with Crippen LogP contribution in [0.3, 0.4) is 0 Å². The predicted octanol–water partition coefficient (Wildman–Crippen LogP) is 3.76. The molecular formula is C20H23F4NO5. The Hall–Kier alpha value is -2.65. The summed E-state index contributed by atoms with van der Waals surface area (Å²) in [6.07, 6.45) is -5.53. The van der Waals surface area contributed by atoms with E-state index >= 15 is 0 Å². The molecule has 0 unspecified atom stereocenters. The fourth-order valence-electron chi connectivity index (χ4n) is 3.60. The van der Waals surface area contributed by atoms with Crippen LogP contribution in [0.4, 0.5) is 22.4 Å². The van der Waals surface area contributed by atoms with Gasteiger partial charge >= 0.3 is 18.2 Å². The van der Waals surface area contributed by atoms with Crippen molar-refractivity contribution < 1.29 is 41.4 Å². The molecule has 166 valence electrons. The number of carbonyl (C=O) groups is 3. The highest BCUT2D eigenvalue weighted by Gasteiger charge is 2.37. The second-order valence-electron chi connectivity index (χ2n) is 7.04. The number of methoxy groups -OCH3 is 1. The second-order valence-corrected chi connectivity index (χ2v) is 7.04. The SMILES string of the molecule is CCOC(=O)CC(=O)[C@@H]1CCN(C(=O)OC)[C@@H](Cc2cc(F)cc(C(F)(F)F)c2)C1. The predicted molar refractivity (Wildman–Crippen MR) is 97.0 cm³/mol. The van der Waals surface area contributed by atoms with E-state index in [4.69, 9.17) is 9.47 Å². The maximum Gasteiger partial charge on any atom is 0.416 e. The van der Waals surface area contributed by atoms with Gasteiger partial charge in [0.05, 0.1) is 19.3 Å². The number of likely N-dealkylation sites (tertiary alicyclic amines) is 1. The van der Waals surface area contributed by atoms with E-state index in [0.29, 0.717) is 6.07 Å². The molecule has 2 atom stereocenters. The molecule has 1 heterocycles. The van der Waals surface area contributed by atoms with Crippen LogP contribution in [-0.4, -0.2) is 49.0 Å². The number of nitrogens with zero attached hydrogens (tertiary/aromatic N) is 1. The molecule has 0 aliphatic carbocycles. The standard InChI is InChI=1S/C20H23F4NO5/c1-3-30-18(27)11-17(26)13-4-5-25(19(28)29-2)16(9-13)8-12-6-14(20(22,23)24)10-15(21)7-12/h6-7,10,13,16H,3-5,8-9,11H2,1-2H3/t13-,16+/m1/s1. The maximum absolute atomic E-state index is 13.7. The van der Waals surface area contributed by atoms with Crippen LogP contribution >= 0.6 is 0 Å². The molecule has 0 bridgehead atoms. The normalized spacial score (nSPS) is 19.3. The third kappa shape index (κ3) is 6.17. The highest BCUT2D eigenvalue weighted by atomic mass is 19.4. The van der Waals surface area contributed by atoms with E-state index in [-0.39, 0.29) is 43.8 Å². The van der Waals surface area contributed by atoms with Gasteiger partial charge in [-0.25, -0.2) is 9.18 Å². The van der Waals surface area contributed by atoms with Gasteiger partial charge in [0, 0.05) is 18.5 Å². The zero-order valence-corrected chi connectivity index (χ0v) is 16.6. The minimum Gasteiger partial charge on any atom is -0.466 e. The Morgan fingerprint density at radius 2 is 1.90 bits per heavy atom. The van der Waals surface area contributed by atoms with Gasteiger partial charge in [0.1, 0.15) is 18.0 Å². The quantitative estimate of drug-likeness (QED) is 0.388. The summed E-state index contributed by atoms with van der Waals surface area (Å²) in [6, 6.07) is 1.50. The topological polar surface area (TPSA) is 72.9 Å². The minimum absolute atomic E-state index is 0.0414. The van der Waals surface area contributed by atoms with Crippen molar-refractivity contribution in [3.8, 4) is 0 Å². The van der Waals surface area contributed by atoms with Gasteiger partial charge in [0.25, 0.3) is 0 Å². The summed E-state index contributed by atoms with van der Waals surface area (Å²) < 4.78 is 62.2. The number of hydrogen-bond donors (Lipinski definition) is 0. The van der Waals surface area contributed by atoms with Gasteiger partial charge < -0.3 is 14.4 Å². The Labute approximate surface area is 171 Å². The number of ketones is 1. The van der Waals surface area contributed by atoms with E-state index in [9.17, 15) is 31.9 Å². The van der Waals surface area contributed by atoms with Crippen molar-refractivity contribution in [2.75, 3.05) is 20.3 Å². The van der Waals surface area contributed by atoms with E-state index in [1.165, 1.54) is 12.0 Å². The number of carbonyl (C=O) groups excluding carboxylic acids is 3. The molecule has 10 heteroatoms. The molecule has 30 heavy (non-hydrogen) atoms. The molecule has 0 spiro atoms. The summed E-state index contributed by atoms with van der Waals surface area (Å²) in [5.74, 6) is -2.64. The van der Waals surface area contributed by atoms with Crippen molar-refractivity contribution in [3.05, 3.63) is 35.1 Å². The Morgan fingerprint density at radius 3 is 2.50 bits per heavy atom. The van der Waals surface area contributed by atoms with Crippen molar-refractivity contribution in [2.24, 2.45) is 5.92 Å². The van der Waals surface area contributed by atoms with Gasteiger partial charge in [-0.3, -0.25) is 9.59 Å². The van der Waals surface area contributed by atoms with Crippen LogP contribution in [0.5, 0.6) is 0 Å². The molecule has 2 rings (SSSR count). The highest BCUT2D eigenvalue weighted by Crippen LogP contribution is 2.32. The number of halogens is 4. The highest BCUT2D eigenvalue weighted by molar-refractivity contribution is 5.96. The van der Waals surface area contributed by atoms with Gasteiger partial charge in [-0.1, -0.05) is 0 Å². The summed E-state index contributed by atoms with van der Waals surface area (Å²) in [5.41, 5.74) is -1.09. The van der Waals surface area contributed by atoms with Crippen LogP contribution in [0.2, 0.25) is 0 Å². The first-order valence-corrected chi connectivity index (χ1v) is 9.44. The zero-order chi connectivity index (χ0) is 22.5. The molecule has 0 aromatic heterocycles. The molecule has 1 aromatic rings. The number of ether oxygens (including phenoxy) is 2. The van der Waals surface area contributed by atoms with Gasteiger partial charge in [-0.2, -0.15) is 13.2 Å². The number of alkyl halides is 3. The number of hydrogen-bond acceptors (Lipinski definition) is 5. The average molecular weight is 433 g/mol. The van der Waals surface area contributed by atoms with Crippen LogP contribution in [0.1, 0.15) is 37.3 Å². The van der Waals surface area contributed by atoms with Crippen LogP contribution in [0, 0.1) is 11.7 Å². The van der Waals surface area contributed by atoms with E-state index in [1.54, 1.807) is 6.92 Å². The lowest BCUT2D eigenvalue weighted by Gasteiger charge is -2.38.